The molecule has 0 spiro atoms. The molecule has 22 heavy (non-hydrogen) atoms. The van der Waals surface area contributed by atoms with E-state index in [0.29, 0.717) is 12.8 Å². The maximum absolute atomic E-state index is 12.3. The number of hydrogen-bond acceptors (Lipinski definition) is 5. The first kappa shape index (κ1) is 15.9. The van der Waals surface area contributed by atoms with Crippen molar-refractivity contribution < 1.29 is 16.8 Å². The smallest absolute Gasteiger partial charge is 0.259 e. The Hall–Kier alpha value is -0.970. The molecule has 3 heterocycles. The Balaban J connectivity index is 1.75. The molecule has 0 amide bonds. The number of sulfonamides is 2. The molecule has 0 radical (unpaired) electrons. The number of rotatable bonds is 4. The van der Waals surface area contributed by atoms with Gasteiger partial charge in [0.2, 0.25) is 10.0 Å². The molecular weight excluding hydrogens is 328 g/mol. The fraction of sp³-hybridized carbons (Fsp3) is 0.750. The number of nitrogens with one attached hydrogen (secondary N) is 1. The van der Waals surface area contributed by atoms with E-state index in [1.165, 1.54) is 18.8 Å². The molecule has 10 heteroatoms. The molecule has 1 N–H and O–H groups in total. The van der Waals surface area contributed by atoms with Gasteiger partial charge in [0.15, 0.2) is 5.03 Å². The maximum atomic E-state index is 12.3. The Morgan fingerprint density at radius 3 is 2.23 bits per heavy atom. The third kappa shape index (κ3) is 2.92. The predicted octanol–water partition coefficient (Wildman–Crippen LogP) is -0.347. The summed E-state index contributed by atoms with van der Waals surface area (Å²) in [4.78, 5) is 3.87. The van der Waals surface area contributed by atoms with Crippen molar-refractivity contribution in [3.8, 4) is 0 Å². The van der Waals surface area contributed by atoms with Gasteiger partial charge in [0.25, 0.3) is 10.0 Å². The van der Waals surface area contributed by atoms with Gasteiger partial charge >= 0.3 is 0 Å². The third-order valence-electron chi connectivity index (χ3n) is 4.33. The Morgan fingerprint density at radius 2 is 1.77 bits per heavy atom. The van der Waals surface area contributed by atoms with Crippen molar-refractivity contribution in [2.45, 2.75) is 48.8 Å². The highest BCUT2D eigenvalue weighted by Gasteiger charge is 2.46. The molecule has 124 valence electrons. The number of piperidine rings is 1. The first-order chi connectivity index (χ1) is 10.2. The molecule has 2 aliphatic heterocycles. The van der Waals surface area contributed by atoms with Crippen LogP contribution in [0, 0.1) is 0 Å². The highest BCUT2D eigenvalue weighted by Crippen LogP contribution is 2.37. The molecule has 1 aromatic heterocycles. The van der Waals surface area contributed by atoms with Gasteiger partial charge < -0.3 is 4.57 Å². The lowest BCUT2D eigenvalue weighted by atomic mass is 10.0. The first-order valence-corrected chi connectivity index (χ1v) is 10.5. The van der Waals surface area contributed by atoms with Crippen LogP contribution < -0.4 is 4.72 Å². The minimum atomic E-state index is -3.66. The minimum Gasteiger partial charge on any atom is -0.339 e. The average Bonchev–Trinajstić information content (AvgIpc) is 2.92. The highest BCUT2D eigenvalue weighted by atomic mass is 32.2. The van der Waals surface area contributed by atoms with Crippen LogP contribution in [-0.2, 0) is 27.1 Å². The Bertz CT molecular complexity index is 757. The molecule has 2 atom stereocenters. The molecule has 2 fully saturated rings. The summed E-state index contributed by atoms with van der Waals surface area (Å²) in [6, 6.07) is -0.460. The van der Waals surface area contributed by atoms with Crippen LogP contribution in [0.15, 0.2) is 17.6 Å². The van der Waals surface area contributed by atoms with E-state index in [1.54, 1.807) is 15.9 Å². The fourth-order valence-corrected chi connectivity index (χ4v) is 6.29. The van der Waals surface area contributed by atoms with Crippen LogP contribution in [0.5, 0.6) is 0 Å². The lowest BCUT2D eigenvalue weighted by Crippen LogP contribution is -2.52. The summed E-state index contributed by atoms with van der Waals surface area (Å²) >= 11 is 0. The SMILES string of the molecule is Cn1cnc(S(=O)(=O)NC2CC3CCC(C2)N3S(C)(=O)=O)c1. The van der Waals surface area contributed by atoms with E-state index in [4.69, 9.17) is 0 Å². The number of nitrogens with zero attached hydrogens (tertiary/aromatic N) is 3. The summed E-state index contributed by atoms with van der Waals surface area (Å²) in [5.41, 5.74) is 0. The van der Waals surface area contributed by atoms with Crippen molar-refractivity contribution in [1.82, 2.24) is 18.6 Å². The lowest BCUT2D eigenvalue weighted by Gasteiger charge is -2.37. The van der Waals surface area contributed by atoms with Gasteiger partial charge in [-0.3, -0.25) is 0 Å². The van der Waals surface area contributed by atoms with E-state index in [9.17, 15) is 16.8 Å². The zero-order chi connectivity index (χ0) is 16.1. The number of hydrogen-bond donors (Lipinski definition) is 1. The van der Waals surface area contributed by atoms with Crippen molar-refractivity contribution in [2.75, 3.05) is 6.26 Å². The Labute approximate surface area is 130 Å². The van der Waals surface area contributed by atoms with E-state index in [0.717, 1.165) is 12.8 Å². The number of aryl methyl sites for hydroxylation is 1. The van der Waals surface area contributed by atoms with E-state index < -0.39 is 20.0 Å². The molecule has 2 aliphatic rings. The van der Waals surface area contributed by atoms with E-state index in [-0.39, 0.29) is 23.2 Å². The molecule has 2 unspecified atom stereocenters. The largest absolute Gasteiger partial charge is 0.339 e. The lowest BCUT2D eigenvalue weighted by molar-refractivity contribution is 0.221. The standard InChI is InChI=1S/C12H20N4O4S2/c1-15-7-12(13-8-15)22(19,20)14-9-5-10-3-4-11(6-9)16(10)21(2,17)18/h7-11,14H,3-6H2,1-2H3. The van der Waals surface area contributed by atoms with Crippen LogP contribution in [0.2, 0.25) is 0 Å². The zero-order valence-corrected chi connectivity index (χ0v) is 14.1. The minimum absolute atomic E-state index is 0.00658. The van der Waals surface area contributed by atoms with Crippen LogP contribution in [0.25, 0.3) is 0 Å². The molecule has 0 saturated carbocycles. The molecule has 0 aromatic carbocycles. The first-order valence-electron chi connectivity index (χ1n) is 7.15. The average molecular weight is 348 g/mol. The summed E-state index contributed by atoms with van der Waals surface area (Å²) in [7, 11) is -5.19. The van der Waals surface area contributed by atoms with Gasteiger partial charge in [-0.15, -0.1) is 0 Å². The highest BCUT2D eigenvalue weighted by molar-refractivity contribution is 7.89. The van der Waals surface area contributed by atoms with Crippen LogP contribution in [0.1, 0.15) is 25.7 Å². The van der Waals surface area contributed by atoms with Crippen LogP contribution in [-0.4, -0.2) is 55.1 Å². The molecule has 8 nitrogen and oxygen atoms in total. The van der Waals surface area contributed by atoms with Crippen LogP contribution in [0.4, 0.5) is 0 Å². The van der Waals surface area contributed by atoms with Gasteiger partial charge in [0.1, 0.15) is 0 Å². The molecule has 0 aliphatic carbocycles. The van der Waals surface area contributed by atoms with Crippen molar-refractivity contribution in [3.05, 3.63) is 12.5 Å². The van der Waals surface area contributed by atoms with Crippen molar-refractivity contribution in [3.63, 3.8) is 0 Å². The molecule has 2 saturated heterocycles. The monoisotopic (exact) mass is 348 g/mol. The zero-order valence-electron chi connectivity index (χ0n) is 12.5. The summed E-state index contributed by atoms with van der Waals surface area (Å²) < 4.78 is 54.1. The summed E-state index contributed by atoms with van der Waals surface area (Å²) in [6.45, 7) is 0. The van der Waals surface area contributed by atoms with Gasteiger partial charge in [-0.1, -0.05) is 0 Å². The van der Waals surface area contributed by atoms with Gasteiger partial charge in [-0.2, -0.15) is 4.31 Å². The Kier molecular flexibility index (Phi) is 3.83. The van der Waals surface area contributed by atoms with E-state index >= 15 is 0 Å². The second-order valence-electron chi connectivity index (χ2n) is 6.14. The van der Waals surface area contributed by atoms with Crippen molar-refractivity contribution >= 4 is 20.0 Å². The van der Waals surface area contributed by atoms with E-state index in [2.05, 4.69) is 9.71 Å². The second-order valence-corrected chi connectivity index (χ2v) is 9.69. The summed E-state index contributed by atoms with van der Waals surface area (Å²) in [5, 5.41) is -0.00658. The summed E-state index contributed by atoms with van der Waals surface area (Å²) in [6.07, 6.45) is 6.70. The van der Waals surface area contributed by atoms with Gasteiger partial charge in [-0.25, -0.2) is 26.5 Å². The maximum Gasteiger partial charge on any atom is 0.259 e. The van der Waals surface area contributed by atoms with Crippen LogP contribution >= 0.6 is 0 Å². The van der Waals surface area contributed by atoms with Crippen molar-refractivity contribution in [1.29, 1.82) is 0 Å². The normalized spacial score (nSPS) is 29.8. The Morgan fingerprint density at radius 1 is 1.18 bits per heavy atom. The number of fused-ring (bicyclic) bond motifs is 2. The topological polar surface area (TPSA) is 101 Å². The number of aromatic nitrogens is 2. The number of imidazole rings is 1. The summed E-state index contributed by atoms with van der Waals surface area (Å²) in [5.74, 6) is 0. The molecule has 2 bridgehead atoms. The molecular formula is C12H20N4O4S2. The molecule has 3 rings (SSSR count). The predicted molar refractivity (Wildman–Crippen MR) is 80.0 cm³/mol. The molecule has 1 aromatic rings. The van der Waals surface area contributed by atoms with Gasteiger partial charge in [0.05, 0.1) is 12.6 Å². The van der Waals surface area contributed by atoms with Crippen LogP contribution in [0.3, 0.4) is 0 Å². The quantitative estimate of drug-likeness (QED) is 0.802. The van der Waals surface area contributed by atoms with Crippen molar-refractivity contribution in [2.24, 2.45) is 7.05 Å². The second kappa shape index (κ2) is 5.29. The third-order valence-corrected chi connectivity index (χ3v) is 7.09. The fourth-order valence-electron chi connectivity index (χ4n) is 3.58. The van der Waals surface area contributed by atoms with Gasteiger partial charge in [-0.05, 0) is 25.7 Å². The van der Waals surface area contributed by atoms with E-state index in [1.807, 2.05) is 0 Å². The van der Waals surface area contributed by atoms with Gasteiger partial charge in [0, 0.05) is 31.4 Å².